The highest BCUT2D eigenvalue weighted by molar-refractivity contribution is 5.79. The van der Waals surface area contributed by atoms with Crippen molar-refractivity contribution >= 4 is 5.91 Å². The van der Waals surface area contributed by atoms with Crippen LogP contribution in [-0.2, 0) is 27.1 Å². The molecule has 2 aliphatic heterocycles. The Morgan fingerprint density at radius 3 is 2.75 bits per heavy atom. The number of nitrogens with zero attached hydrogens (tertiary/aromatic N) is 3. The fourth-order valence-corrected chi connectivity index (χ4v) is 3.58. The van der Waals surface area contributed by atoms with Crippen molar-refractivity contribution in [1.29, 1.82) is 0 Å². The minimum Gasteiger partial charge on any atom is -0.381 e. The van der Waals surface area contributed by atoms with Crippen LogP contribution in [0.1, 0.15) is 36.0 Å². The molecule has 0 N–H and O–H groups in total. The van der Waals surface area contributed by atoms with E-state index in [-0.39, 0.29) is 11.8 Å². The Kier molecular flexibility index (Phi) is 6.34. The smallest absolute Gasteiger partial charge is 0.233 e. The van der Waals surface area contributed by atoms with Gasteiger partial charge in [-0.25, -0.2) is 0 Å². The molecule has 0 radical (unpaired) electrons. The summed E-state index contributed by atoms with van der Waals surface area (Å²) < 4.78 is 16.5. The van der Waals surface area contributed by atoms with Gasteiger partial charge in [-0.05, 0) is 24.3 Å². The molecule has 0 aliphatic carbocycles. The first-order valence-electron chi connectivity index (χ1n) is 10.1. The average Bonchev–Trinajstić information content (AvgIpc) is 3.14. The van der Waals surface area contributed by atoms with Crippen LogP contribution in [-0.4, -0.2) is 60.5 Å². The van der Waals surface area contributed by atoms with Crippen molar-refractivity contribution in [2.24, 2.45) is 5.92 Å². The number of hydrogen-bond donors (Lipinski definition) is 0. The monoisotopic (exact) mass is 385 g/mol. The molecular formula is C21H27N3O4. The highest BCUT2D eigenvalue weighted by atomic mass is 16.5. The van der Waals surface area contributed by atoms with Crippen molar-refractivity contribution < 1.29 is 18.8 Å². The Labute approximate surface area is 165 Å². The second-order valence-corrected chi connectivity index (χ2v) is 7.59. The van der Waals surface area contributed by atoms with Gasteiger partial charge in [0.1, 0.15) is 0 Å². The first kappa shape index (κ1) is 19.1. The largest absolute Gasteiger partial charge is 0.381 e. The van der Waals surface area contributed by atoms with Gasteiger partial charge in [0.15, 0.2) is 5.82 Å². The molecule has 150 valence electrons. The molecule has 0 bridgehead atoms. The van der Waals surface area contributed by atoms with Crippen LogP contribution in [0.15, 0.2) is 34.9 Å². The lowest BCUT2D eigenvalue weighted by Gasteiger charge is -2.37. The van der Waals surface area contributed by atoms with Gasteiger partial charge in [0.2, 0.25) is 11.8 Å². The molecule has 0 saturated carbocycles. The van der Waals surface area contributed by atoms with E-state index < -0.39 is 0 Å². The summed E-state index contributed by atoms with van der Waals surface area (Å²) in [6.07, 6.45) is 3.24. The second-order valence-electron chi connectivity index (χ2n) is 7.59. The average molecular weight is 385 g/mol. The summed E-state index contributed by atoms with van der Waals surface area (Å²) in [5.41, 5.74) is 1.04. The Bertz CT molecular complexity index is 752. The van der Waals surface area contributed by atoms with E-state index in [2.05, 4.69) is 10.1 Å². The van der Waals surface area contributed by atoms with Crippen LogP contribution >= 0.6 is 0 Å². The molecule has 7 nitrogen and oxygen atoms in total. The molecule has 2 aromatic rings. The molecule has 4 rings (SSSR count). The van der Waals surface area contributed by atoms with Crippen LogP contribution in [0, 0.1) is 5.92 Å². The summed E-state index contributed by atoms with van der Waals surface area (Å²) in [4.78, 5) is 18.6. The number of aromatic nitrogens is 2. The zero-order valence-electron chi connectivity index (χ0n) is 16.1. The lowest BCUT2D eigenvalue weighted by atomic mass is 9.99. The van der Waals surface area contributed by atoms with Gasteiger partial charge in [-0.15, -0.1) is 0 Å². The van der Waals surface area contributed by atoms with E-state index in [1.807, 2.05) is 35.2 Å². The third-order valence-corrected chi connectivity index (χ3v) is 5.43. The van der Waals surface area contributed by atoms with Gasteiger partial charge < -0.3 is 18.9 Å². The number of carbonyl (C=O) groups is 1. The van der Waals surface area contributed by atoms with Crippen LogP contribution in [0.5, 0.6) is 0 Å². The first-order chi connectivity index (χ1) is 13.8. The molecule has 2 fully saturated rings. The summed E-state index contributed by atoms with van der Waals surface area (Å²) >= 11 is 0. The molecule has 28 heavy (non-hydrogen) atoms. The van der Waals surface area contributed by atoms with Crippen molar-refractivity contribution in [3.8, 4) is 0 Å². The number of carbonyl (C=O) groups excluding carboxylic acids is 1. The maximum absolute atomic E-state index is 12.3. The van der Waals surface area contributed by atoms with Gasteiger partial charge in [-0.2, -0.15) is 4.98 Å². The SMILES string of the molecule is O=C(Cc1ccccc1)N1CC(c2nc(CCOCC3CCOCC3)no2)C1. The summed E-state index contributed by atoms with van der Waals surface area (Å²) in [6.45, 7) is 4.35. The van der Waals surface area contributed by atoms with Crippen molar-refractivity contribution in [3.05, 3.63) is 47.6 Å². The predicted octanol–water partition coefficient (Wildman–Crippen LogP) is 2.22. The fraction of sp³-hybridized carbons (Fsp3) is 0.571. The number of ether oxygens (including phenoxy) is 2. The molecule has 2 saturated heterocycles. The van der Waals surface area contributed by atoms with Crippen LogP contribution < -0.4 is 0 Å². The van der Waals surface area contributed by atoms with E-state index in [1.54, 1.807) is 0 Å². The Morgan fingerprint density at radius 1 is 1.18 bits per heavy atom. The number of rotatable bonds is 8. The van der Waals surface area contributed by atoms with Crippen LogP contribution in [0.25, 0.3) is 0 Å². The highest BCUT2D eigenvalue weighted by Gasteiger charge is 2.35. The maximum atomic E-state index is 12.3. The Morgan fingerprint density at radius 2 is 1.96 bits per heavy atom. The van der Waals surface area contributed by atoms with E-state index >= 15 is 0 Å². The fourth-order valence-electron chi connectivity index (χ4n) is 3.58. The van der Waals surface area contributed by atoms with Gasteiger partial charge in [0, 0.05) is 39.3 Å². The summed E-state index contributed by atoms with van der Waals surface area (Å²) in [5, 5.41) is 4.05. The molecule has 0 atom stereocenters. The molecule has 0 spiro atoms. The predicted molar refractivity (Wildman–Crippen MR) is 102 cm³/mol. The van der Waals surface area contributed by atoms with Gasteiger partial charge in [-0.1, -0.05) is 35.5 Å². The van der Waals surface area contributed by atoms with Crippen LogP contribution in [0.4, 0.5) is 0 Å². The summed E-state index contributed by atoms with van der Waals surface area (Å²) in [5.74, 6) is 2.19. The van der Waals surface area contributed by atoms with Crippen molar-refractivity contribution in [3.63, 3.8) is 0 Å². The van der Waals surface area contributed by atoms with E-state index in [1.165, 1.54) is 0 Å². The normalized spacial score (nSPS) is 18.2. The molecule has 7 heteroatoms. The number of amides is 1. The van der Waals surface area contributed by atoms with Gasteiger partial charge in [0.25, 0.3) is 0 Å². The number of hydrogen-bond acceptors (Lipinski definition) is 6. The van der Waals surface area contributed by atoms with Crippen molar-refractivity contribution in [2.75, 3.05) is 39.5 Å². The number of benzene rings is 1. The lowest BCUT2D eigenvalue weighted by molar-refractivity contribution is -0.135. The second kappa shape index (κ2) is 9.30. The third-order valence-electron chi connectivity index (χ3n) is 5.43. The molecule has 2 aliphatic rings. The third kappa shape index (κ3) is 4.97. The topological polar surface area (TPSA) is 77.7 Å². The van der Waals surface area contributed by atoms with E-state index in [4.69, 9.17) is 14.0 Å². The molecule has 0 unspecified atom stereocenters. The molecule has 1 aromatic carbocycles. The van der Waals surface area contributed by atoms with Gasteiger partial charge in [0.05, 0.1) is 18.9 Å². The standard InChI is InChI=1S/C21H27N3O4/c25-20(12-16-4-2-1-3-5-16)24-13-18(14-24)21-22-19(23-28-21)8-11-27-15-17-6-9-26-10-7-17/h1-5,17-18H,6-15H2. The van der Waals surface area contributed by atoms with Crippen LogP contribution in [0.2, 0.25) is 0 Å². The first-order valence-corrected chi connectivity index (χ1v) is 10.1. The van der Waals surface area contributed by atoms with Gasteiger partial charge >= 0.3 is 0 Å². The zero-order chi connectivity index (χ0) is 19.2. The molecule has 1 amide bonds. The van der Waals surface area contributed by atoms with Crippen molar-refractivity contribution in [1.82, 2.24) is 15.0 Å². The van der Waals surface area contributed by atoms with E-state index in [0.29, 0.717) is 50.2 Å². The molecule has 1 aromatic heterocycles. The Balaban J connectivity index is 1.15. The minimum atomic E-state index is 0.142. The molecular weight excluding hydrogens is 358 g/mol. The quantitative estimate of drug-likeness (QED) is 0.649. The van der Waals surface area contributed by atoms with Crippen LogP contribution in [0.3, 0.4) is 0 Å². The minimum absolute atomic E-state index is 0.142. The van der Waals surface area contributed by atoms with Gasteiger partial charge in [-0.3, -0.25) is 4.79 Å². The lowest BCUT2D eigenvalue weighted by Crippen LogP contribution is -2.49. The summed E-state index contributed by atoms with van der Waals surface area (Å²) in [6, 6.07) is 9.81. The zero-order valence-corrected chi connectivity index (χ0v) is 16.1. The molecule has 3 heterocycles. The summed E-state index contributed by atoms with van der Waals surface area (Å²) in [7, 11) is 0. The van der Waals surface area contributed by atoms with E-state index in [9.17, 15) is 4.79 Å². The van der Waals surface area contributed by atoms with E-state index in [0.717, 1.165) is 38.2 Å². The Hall–Kier alpha value is -2.25. The maximum Gasteiger partial charge on any atom is 0.233 e. The highest BCUT2D eigenvalue weighted by Crippen LogP contribution is 2.26. The number of likely N-dealkylation sites (tertiary alicyclic amines) is 1. The van der Waals surface area contributed by atoms with Crippen molar-refractivity contribution in [2.45, 2.75) is 31.6 Å².